The van der Waals surface area contributed by atoms with E-state index < -0.39 is 10.8 Å². The normalized spacial score (nSPS) is 17.9. The van der Waals surface area contributed by atoms with Gasteiger partial charge in [-0.25, -0.2) is 0 Å². The lowest BCUT2D eigenvalue weighted by atomic mass is 10.1. The summed E-state index contributed by atoms with van der Waals surface area (Å²) >= 11 is 5.96. The molecule has 2 aliphatic rings. The fraction of sp³-hybridized carbons (Fsp3) is 0.538. The van der Waals surface area contributed by atoms with Gasteiger partial charge >= 0.3 is 0 Å². The van der Waals surface area contributed by atoms with Crippen LogP contribution in [0.4, 0.5) is 5.69 Å². The molecule has 2 saturated heterocycles. The molecule has 4 rings (SSSR count). The topological polar surface area (TPSA) is 119 Å². The maximum absolute atomic E-state index is 13.6. The third-order valence-corrected chi connectivity index (χ3v) is 7.06. The van der Waals surface area contributed by atoms with E-state index in [9.17, 15) is 19.7 Å². The Kier molecular flexibility index (Phi) is 10.1. The quantitative estimate of drug-likeness (QED) is 0.293. The molecule has 206 valence electrons. The zero-order chi connectivity index (χ0) is 26.9. The number of carbonyl (C=O) groups is 2. The van der Waals surface area contributed by atoms with Crippen molar-refractivity contribution in [3.8, 4) is 0 Å². The second kappa shape index (κ2) is 13.7. The van der Waals surface area contributed by atoms with Gasteiger partial charge in [0, 0.05) is 51.0 Å². The maximum atomic E-state index is 13.6. The van der Waals surface area contributed by atoms with Crippen LogP contribution in [0.25, 0.3) is 0 Å². The molecule has 2 amide bonds. The van der Waals surface area contributed by atoms with E-state index in [1.165, 1.54) is 17.0 Å². The number of morpholine rings is 1. The summed E-state index contributed by atoms with van der Waals surface area (Å²) in [5.41, 5.74) is -0.244. The molecule has 2 fully saturated rings. The van der Waals surface area contributed by atoms with Crippen molar-refractivity contribution in [2.24, 2.45) is 0 Å². The molecule has 3 heterocycles. The first-order valence-electron chi connectivity index (χ1n) is 12.9. The number of nitrogens with zero attached hydrogens (tertiary/aromatic N) is 4. The first-order valence-corrected chi connectivity index (χ1v) is 13.2. The minimum Gasteiger partial charge on any atom is -0.467 e. The molecule has 12 heteroatoms. The molecule has 1 aromatic carbocycles. The van der Waals surface area contributed by atoms with Crippen molar-refractivity contribution >= 4 is 29.1 Å². The van der Waals surface area contributed by atoms with Crippen molar-refractivity contribution < 1.29 is 28.4 Å². The summed E-state index contributed by atoms with van der Waals surface area (Å²) in [7, 11) is 0. The van der Waals surface area contributed by atoms with Gasteiger partial charge in [0.15, 0.2) is 0 Å². The fourth-order valence-electron chi connectivity index (χ4n) is 4.67. The molecule has 2 aromatic rings. The molecule has 1 atom stereocenters. The number of furan rings is 1. The Morgan fingerprint density at radius 1 is 1.16 bits per heavy atom. The van der Waals surface area contributed by atoms with Gasteiger partial charge in [-0.2, -0.15) is 0 Å². The Bertz CT molecular complexity index is 1090. The Hall–Kier alpha value is -2.99. The average Bonchev–Trinajstić information content (AvgIpc) is 3.63. The van der Waals surface area contributed by atoms with Crippen LogP contribution in [0.3, 0.4) is 0 Å². The van der Waals surface area contributed by atoms with Crippen molar-refractivity contribution in [1.82, 2.24) is 14.7 Å². The molecule has 1 aromatic heterocycles. The molecule has 0 saturated carbocycles. The highest BCUT2D eigenvalue weighted by Gasteiger charge is 2.28. The van der Waals surface area contributed by atoms with Gasteiger partial charge in [0.25, 0.3) is 11.6 Å². The zero-order valence-electron chi connectivity index (χ0n) is 21.3. The lowest BCUT2D eigenvalue weighted by Crippen LogP contribution is -2.46. The van der Waals surface area contributed by atoms with Gasteiger partial charge in [-0.3, -0.25) is 24.6 Å². The molecule has 11 nitrogen and oxygen atoms in total. The number of hydrogen-bond acceptors (Lipinski definition) is 8. The van der Waals surface area contributed by atoms with Gasteiger partial charge in [0.1, 0.15) is 17.3 Å². The smallest absolute Gasteiger partial charge is 0.288 e. The van der Waals surface area contributed by atoms with Gasteiger partial charge < -0.3 is 23.7 Å². The van der Waals surface area contributed by atoms with Crippen LogP contribution in [0.15, 0.2) is 41.0 Å². The Balaban J connectivity index is 1.50. The van der Waals surface area contributed by atoms with Crippen LogP contribution in [0.1, 0.15) is 35.4 Å². The highest BCUT2D eigenvalue weighted by atomic mass is 35.5. The van der Waals surface area contributed by atoms with Crippen molar-refractivity contribution in [2.75, 3.05) is 59.1 Å². The highest BCUT2D eigenvalue weighted by molar-refractivity contribution is 6.32. The van der Waals surface area contributed by atoms with Crippen molar-refractivity contribution in [3.63, 3.8) is 0 Å². The van der Waals surface area contributed by atoms with E-state index in [4.69, 9.17) is 25.5 Å². The van der Waals surface area contributed by atoms with Crippen LogP contribution >= 0.6 is 11.6 Å². The van der Waals surface area contributed by atoms with Crippen LogP contribution in [0, 0.1) is 10.1 Å². The Morgan fingerprint density at radius 2 is 1.97 bits per heavy atom. The predicted octanol–water partition coefficient (Wildman–Crippen LogP) is 3.21. The number of nitro benzene ring substituents is 1. The van der Waals surface area contributed by atoms with Gasteiger partial charge in [0.05, 0.1) is 37.0 Å². The summed E-state index contributed by atoms with van der Waals surface area (Å²) in [6.45, 7) is 5.15. The number of rotatable bonds is 12. The molecule has 2 aliphatic heterocycles. The molecule has 0 spiro atoms. The summed E-state index contributed by atoms with van der Waals surface area (Å²) in [5, 5.41) is 11.3. The molecule has 38 heavy (non-hydrogen) atoms. The molecule has 0 bridgehead atoms. The lowest BCUT2D eigenvalue weighted by molar-refractivity contribution is -0.384. The van der Waals surface area contributed by atoms with E-state index in [1.54, 1.807) is 23.3 Å². The second-order valence-corrected chi connectivity index (χ2v) is 9.85. The second-order valence-electron chi connectivity index (χ2n) is 9.45. The molecular weight excluding hydrogens is 516 g/mol. The van der Waals surface area contributed by atoms with Gasteiger partial charge in [-0.1, -0.05) is 11.6 Å². The molecular formula is C26H33ClN4O7. The van der Waals surface area contributed by atoms with Crippen LogP contribution in [-0.4, -0.2) is 96.6 Å². The van der Waals surface area contributed by atoms with Crippen LogP contribution in [0.2, 0.25) is 5.02 Å². The van der Waals surface area contributed by atoms with E-state index in [0.29, 0.717) is 45.1 Å². The van der Waals surface area contributed by atoms with E-state index >= 15 is 0 Å². The first kappa shape index (κ1) is 28.0. The van der Waals surface area contributed by atoms with Crippen molar-refractivity contribution in [2.45, 2.75) is 31.9 Å². The van der Waals surface area contributed by atoms with E-state index in [-0.39, 0.29) is 41.4 Å². The molecule has 1 unspecified atom stereocenters. The summed E-state index contributed by atoms with van der Waals surface area (Å²) in [6.07, 6.45) is 3.92. The number of benzene rings is 1. The van der Waals surface area contributed by atoms with Gasteiger partial charge in [0.2, 0.25) is 5.91 Å². The standard InChI is InChI=1S/C26H33ClN4O7/c27-23-7-6-20(16-24(23)31(34)35)26(33)29(9-3-8-28-10-14-36-15-11-28)19-25(32)30(17-21-4-1-12-37-21)18-22-5-2-13-38-22/h1,4,6-7,12,16,22H,2-3,5,8-11,13-15,17-19H2. The summed E-state index contributed by atoms with van der Waals surface area (Å²) in [6, 6.07) is 7.51. The number of ether oxygens (including phenoxy) is 2. The SMILES string of the molecule is O=C(CN(CCCN1CCOCC1)C(=O)c1ccc(Cl)c([N+](=O)[O-])c1)N(Cc1ccco1)CC1CCCO1. The maximum Gasteiger partial charge on any atom is 0.288 e. The monoisotopic (exact) mass is 548 g/mol. The number of carbonyl (C=O) groups excluding carboxylic acids is 2. The molecule has 0 radical (unpaired) electrons. The zero-order valence-corrected chi connectivity index (χ0v) is 22.0. The average molecular weight is 549 g/mol. The van der Waals surface area contributed by atoms with Crippen LogP contribution in [0.5, 0.6) is 0 Å². The predicted molar refractivity (Wildman–Crippen MR) is 139 cm³/mol. The van der Waals surface area contributed by atoms with E-state index in [0.717, 1.165) is 38.5 Å². The highest BCUT2D eigenvalue weighted by Crippen LogP contribution is 2.26. The van der Waals surface area contributed by atoms with Crippen LogP contribution in [-0.2, 0) is 20.8 Å². The van der Waals surface area contributed by atoms with E-state index in [1.807, 2.05) is 0 Å². The first-order chi connectivity index (χ1) is 18.4. The minimum atomic E-state index is -0.625. The summed E-state index contributed by atoms with van der Waals surface area (Å²) < 4.78 is 16.6. The van der Waals surface area contributed by atoms with Crippen molar-refractivity contribution in [3.05, 3.63) is 63.1 Å². The number of halogens is 1. The van der Waals surface area contributed by atoms with Gasteiger partial charge in [-0.05, 0) is 43.5 Å². The van der Waals surface area contributed by atoms with E-state index in [2.05, 4.69) is 4.90 Å². The summed E-state index contributed by atoms with van der Waals surface area (Å²) in [5.74, 6) is -0.0786. The third kappa shape index (κ3) is 7.76. The molecule has 0 N–H and O–H groups in total. The third-order valence-electron chi connectivity index (χ3n) is 6.74. The number of hydrogen-bond donors (Lipinski definition) is 0. The van der Waals surface area contributed by atoms with Crippen LogP contribution < -0.4 is 0 Å². The fourth-order valence-corrected chi connectivity index (χ4v) is 4.86. The van der Waals surface area contributed by atoms with Crippen molar-refractivity contribution in [1.29, 1.82) is 0 Å². The Morgan fingerprint density at radius 3 is 2.66 bits per heavy atom. The van der Waals surface area contributed by atoms with Gasteiger partial charge in [-0.15, -0.1) is 0 Å². The largest absolute Gasteiger partial charge is 0.467 e. The number of amides is 2. The number of nitro groups is 1. The Labute approximate surface area is 226 Å². The summed E-state index contributed by atoms with van der Waals surface area (Å²) in [4.78, 5) is 43.3. The lowest BCUT2D eigenvalue weighted by Gasteiger charge is -2.30. The molecule has 0 aliphatic carbocycles. The minimum absolute atomic E-state index is 0.0531.